The van der Waals surface area contributed by atoms with Gasteiger partial charge in [-0.1, -0.05) is 20.8 Å². The van der Waals surface area contributed by atoms with Crippen molar-refractivity contribution in [3.05, 3.63) is 17.5 Å². The first-order chi connectivity index (χ1) is 15.4. The molecule has 1 saturated heterocycles. The summed E-state index contributed by atoms with van der Waals surface area (Å²) in [5.74, 6) is -1.17. The highest BCUT2D eigenvalue weighted by Crippen LogP contribution is 2.54. The van der Waals surface area contributed by atoms with E-state index in [0.717, 1.165) is 4.68 Å². The Hall–Kier alpha value is -2.91. The molecule has 14 nitrogen and oxygen atoms in total. The Balaban J connectivity index is 2.15. The van der Waals surface area contributed by atoms with E-state index in [9.17, 15) is 32.5 Å². The number of aliphatic carboxylic acids is 1. The van der Waals surface area contributed by atoms with Crippen molar-refractivity contribution in [3.63, 3.8) is 0 Å². The zero-order valence-electron chi connectivity index (χ0n) is 19.7. The van der Waals surface area contributed by atoms with E-state index < -0.39 is 57.6 Å². The highest BCUT2D eigenvalue weighted by atomic mass is 32.3. The molecular weight excluding hydrogens is 474 g/mol. The Morgan fingerprint density at radius 3 is 2.38 bits per heavy atom. The first-order valence-corrected chi connectivity index (χ1v) is 11.8. The average Bonchev–Trinajstić information content (AvgIpc) is 3.14. The van der Waals surface area contributed by atoms with Crippen molar-refractivity contribution in [3.8, 4) is 0 Å². The topological polar surface area (TPSA) is 181 Å². The van der Waals surface area contributed by atoms with Gasteiger partial charge in [0.25, 0.3) is 0 Å². The summed E-state index contributed by atoms with van der Waals surface area (Å²) in [6, 6.07) is -1.87. The predicted octanol–water partition coefficient (Wildman–Crippen LogP) is 1.26. The minimum atomic E-state index is -5.05. The van der Waals surface area contributed by atoms with Crippen molar-refractivity contribution in [2.75, 3.05) is 13.1 Å². The monoisotopic (exact) mass is 503 g/mol. The second-order valence-electron chi connectivity index (χ2n) is 10.2. The fourth-order valence-corrected chi connectivity index (χ4v) is 4.75. The standard InChI is InChI=1S/C19H29N5O9S/c1-17(2,3)19(10-20-15(27)32-18(4,5)6)14-11(7-22(21-14)9-13(25)26)12-8-23(19)16(28)24(12)33-34(29,30)31/h7,12H,8-10H2,1-6H3,(H,20,27)(H,25,26)(H,29,30,31)/t12-,19?/m1/s1. The molecule has 34 heavy (non-hydrogen) atoms. The Bertz CT molecular complexity index is 1120. The Labute approximate surface area is 196 Å². The van der Waals surface area contributed by atoms with Gasteiger partial charge >= 0.3 is 28.5 Å². The molecule has 1 aromatic rings. The molecule has 3 heterocycles. The van der Waals surface area contributed by atoms with Gasteiger partial charge in [-0.15, -0.1) is 4.28 Å². The fourth-order valence-electron chi connectivity index (χ4n) is 4.37. The Kier molecular flexibility index (Phi) is 6.12. The van der Waals surface area contributed by atoms with Crippen LogP contribution in [-0.4, -0.2) is 74.6 Å². The molecule has 0 spiro atoms. The van der Waals surface area contributed by atoms with E-state index in [0.29, 0.717) is 10.6 Å². The third-order valence-electron chi connectivity index (χ3n) is 5.66. The number of amides is 3. The molecule has 2 aliphatic rings. The van der Waals surface area contributed by atoms with Crippen LogP contribution in [0.1, 0.15) is 58.8 Å². The Morgan fingerprint density at radius 1 is 1.26 bits per heavy atom. The zero-order chi connectivity index (χ0) is 25.9. The summed E-state index contributed by atoms with van der Waals surface area (Å²) in [5, 5.41) is 16.8. The lowest BCUT2D eigenvalue weighted by molar-refractivity contribution is -0.137. The van der Waals surface area contributed by atoms with Crippen LogP contribution in [0.2, 0.25) is 0 Å². The van der Waals surface area contributed by atoms with Gasteiger partial charge in [0.15, 0.2) is 0 Å². The van der Waals surface area contributed by atoms with Crippen LogP contribution >= 0.6 is 0 Å². The van der Waals surface area contributed by atoms with Gasteiger partial charge in [0.2, 0.25) is 0 Å². The average molecular weight is 504 g/mol. The SMILES string of the molecule is CC(C)(C)OC(=O)NCC1(C(C)(C)C)c2nn(CC(=O)O)cc2[C@H]2CN1C(=O)N2OS(=O)(=O)O. The van der Waals surface area contributed by atoms with Crippen molar-refractivity contribution in [2.24, 2.45) is 5.41 Å². The minimum Gasteiger partial charge on any atom is -0.480 e. The van der Waals surface area contributed by atoms with Crippen molar-refractivity contribution in [2.45, 2.75) is 65.3 Å². The number of ether oxygens (including phenoxy) is 1. The quantitative estimate of drug-likeness (QED) is 0.478. The maximum atomic E-state index is 13.3. The maximum absolute atomic E-state index is 13.3. The number of carbonyl (C=O) groups is 3. The van der Waals surface area contributed by atoms with E-state index in [1.807, 2.05) is 0 Å². The van der Waals surface area contributed by atoms with Crippen LogP contribution in [0.5, 0.6) is 0 Å². The lowest BCUT2D eigenvalue weighted by atomic mass is 9.67. The first-order valence-electron chi connectivity index (χ1n) is 10.4. The molecule has 0 radical (unpaired) electrons. The van der Waals surface area contributed by atoms with Gasteiger partial charge < -0.3 is 20.1 Å². The zero-order valence-corrected chi connectivity index (χ0v) is 20.5. The van der Waals surface area contributed by atoms with Gasteiger partial charge in [-0.25, -0.2) is 9.59 Å². The van der Waals surface area contributed by atoms with Gasteiger partial charge in [0.05, 0.1) is 18.8 Å². The van der Waals surface area contributed by atoms with Crippen LogP contribution in [0.25, 0.3) is 0 Å². The van der Waals surface area contributed by atoms with Gasteiger partial charge in [-0.3, -0.25) is 14.0 Å². The van der Waals surface area contributed by atoms with Gasteiger partial charge in [-0.2, -0.15) is 18.6 Å². The smallest absolute Gasteiger partial charge is 0.418 e. The summed E-state index contributed by atoms with van der Waals surface area (Å²) >= 11 is 0. The molecule has 15 heteroatoms. The lowest BCUT2D eigenvalue weighted by Gasteiger charge is -2.51. The predicted molar refractivity (Wildman–Crippen MR) is 115 cm³/mol. The summed E-state index contributed by atoms with van der Waals surface area (Å²) < 4.78 is 43.2. The van der Waals surface area contributed by atoms with E-state index in [1.54, 1.807) is 41.5 Å². The molecule has 1 aromatic heterocycles. The van der Waals surface area contributed by atoms with Crippen LogP contribution in [0, 0.1) is 5.41 Å². The number of rotatable bonds is 6. The molecule has 3 amide bonds. The number of carboxylic acid groups (broad SMARTS) is 1. The first kappa shape index (κ1) is 25.7. The molecule has 0 aromatic carbocycles. The van der Waals surface area contributed by atoms with E-state index in [4.69, 9.17) is 4.74 Å². The van der Waals surface area contributed by atoms with Crippen molar-refractivity contribution >= 4 is 28.5 Å². The number of carbonyl (C=O) groups excluding carboxylic acids is 2. The minimum absolute atomic E-state index is 0.0621. The van der Waals surface area contributed by atoms with Crippen LogP contribution in [0.15, 0.2) is 6.20 Å². The highest BCUT2D eigenvalue weighted by molar-refractivity contribution is 7.80. The number of hydrogen-bond donors (Lipinski definition) is 3. The second kappa shape index (κ2) is 8.09. The summed E-state index contributed by atoms with van der Waals surface area (Å²) in [4.78, 5) is 38.4. The third-order valence-corrected chi connectivity index (χ3v) is 6.01. The van der Waals surface area contributed by atoms with Crippen LogP contribution < -0.4 is 5.32 Å². The molecule has 2 atom stereocenters. The molecule has 2 aliphatic heterocycles. The maximum Gasteiger partial charge on any atom is 0.418 e. The molecular formula is C19H29N5O9S. The molecule has 1 unspecified atom stereocenters. The van der Waals surface area contributed by atoms with Crippen LogP contribution in [0.3, 0.4) is 0 Å². The van der Waals surface area contributed by atoms with Gasteiger partial charge in [0, 0.05) is 11.8 Å². The largest absolute Gasteiger partial charge is 0.480 e. The Morgan fingerprint density at radius 2 is 1.88 bits per heavy atom. The number of alkyl carbamates (subject to hydrolysis) is 1. The number of carboxylic acids is 1. The second-order valence-corrected chi connectivity index (χ2v) is 11.2. The number of hydroxylamine groups is 2. The van der Waals surface area contributed by atoms with Crippen molar-refractivity contribution in [1.82, 2.24) is 25.1 Å². The molecule has 2 bridgehead atoms. The van der Waals surface area contributed by atoms with E-state index in [1.165, 1.54) is 11.1 Å². The summed E-state index contributed by atoms with van der Waals surface area (Å²) in [6.45, 7) is 9.73. The summed E-state index contributed by atoms with van der Waals surface area (Å²) in [7, 11) is -5.05. The highest BCUT2D eigenvalue weighted by Gasteiger charge is 2.63. The number of nitrogens with one attached hydrogen (secondary N) is 1. The van der Waals surface area contributed by atoms with Crippen molar-refractivity contribution in [1.29, 1.82) is 0 Å². The number of nitrogens with zero attached hydrogens (tertiary/aromatic N) is 4. The molecule has 0 saturated carbocycles. The molecule has 3 N–H and O–H groups in total. The van der Waals surface area contributed by atoms with E-state index in [2.05, 4.69) is 14.7 Å². The van der Waals surface area contributed by atoms with Crippen molar-refractivity contribution < 1.29 is 41.5 Å². The van der Waals surface area contributed by atoms with Crippen LogP contribution in [0.4, 0.5) is 9.59 Å². The third kappa shape index (κ3) is 4.67. The van der Waals surface area contributed by atoms with Crippen LogP contribution in [-0.2, 0) is 36.3 Å². The van der Waals surface area contributed by atoms with E-state index >= 15 is 0 Å². The normalized spacial score (nSPS) is 22.6. The number of aromatic nitrogens is 2. The van der Waals surface area contributed by atoms with Gasteiger partial charge in [0.1, 0.15) is 23.7 Å². The molecule has 190 valence electrons. The number of urea groups is 1. The molecule has 3 rings (SSSR count). The molecule has 0 aliphatic carbocycles. The van der Waals surface area contributed by atoms with E-state index in [-0.39, 0.29) is 18.8 Å². The molecule has 1 fully saturated rings. The number of hydrogen-bond acceptors (Lipinski definition) is 8. The summed E-state index contributed by atoms with van der Waals surface area (Å²) in [5.41, 5.74) is -2.35. The lowest BCUT2D eigenvalue weighted by Crippen LogP contribution is -2.62. The van der Waals surface area contributed by atoms with Gasteiger partial charge in [-0.05, 0) is 26.2 Å². The summed E-state index contributed by atoms with van der Waals surface area (Å²) in [6.07, 6.45) is 0.640. The fraction of sp³-hybridized carbons (Fsp3) is 0.684. The number of fused-ring (bicyclic) bond motifs is 4.